The van der Waals surface area contributed by atoms with E-state index in [-0.39, 0.29) is 18.3 Å². The molecule has 0 aliphatic carbocycles. The van der Waals surface area contributed by atoms with Crippen molar-refractivity contribution in [3.63, 3.8) is 0 Å². The van der Waals surface area contributed by atoms with Crippen LogP contribution in [0.5, 0.6) is 0 Å². The summed E-state index contributed by atoms with van der Waals surface area (Å²) in [6, 6.07) is 0. The Bertz CT molecular complexity index is 274. The van der Waals surface area contributed by atoms with Crippen molar-refractivity contribution in [2.24, 2.45) is 5.92 Å². The van der Waals surface area contributed by atoms with Crippen LogP contribution in [0, 0.1) is 5.92 Å². The fraction of sp³-hybridized carbons (Fsp3) is 0.923. The maximum Gasteiger partial charge on any atom is 0.308 e. The molecule has 3 heterocycles. The van der Waals surface area contributed by atoms with E-state index in [4.69, 9.17) is 4.74 Å². The monoisotopic (exact) mass is 241 g/mol. The molecule has 0 aromatic heterocycles. The van der Waals surface area contributed by atoms with E-state index < -0.39 is 5.60 Å². The molecule has 4 heteroatoms. The van der Waals surface area contributed by atoms with E-state index in [1.807, 2.05) is 0 Å². The van der Waals surface area contributed by atoms with Crippen molar-refractivity contribution < 1.29 is 14.6 Å². The third-order valence-electron chi connectivity index (χ3n) is 4.06. The van der Waals surface area contributed by atoms with Gasteiger partial charge >= 0.3 is 5.97 Å². The van der Waals surface area contributed by atoms with Crippen molar-refractivity contribution in [1.29, 1.82) is 0 Å². The number of piperidine rings is 3. The number of carbonyl (C=O) groups is 1. The normalized spacial score (nSPS) is 35.9. The van der Waals surface area contributed by atoms with Crippen molar-refractivity contribution in [1.82, 2.24) is 4.90 Å². The predicted molar refractivity (Wildman–Crippen MR) is 64.6 cm³/mol. The highest BCUT2D eigenvalue weighted by Crippen LogP contribution is 2.37. The maximum absolute atomic E-state index is 11.7. The minimum Gasteiger partial charge on any atom is -0.466 e. The number of hydrogen-bond acceptors (Lipinski definition) is 4. The highest BCUT2D eigenvalue weighted by Gasteiger charge is 2.46. The summed E-state index contributed by atoms with van der Waals surface area (Å²) < 4.78 is 5.14. The first-order chi connectivity index (χ1) is 8.14. The number of hydrogen-bond donors (Lipinski definition) is 1. The summed E-state index contributed by atoms with van der Waals surface area (Å²) in [4.78, 5) is 13.9. The molecular formula is C13H23NO3. The van der Waals surface area contributed by atoms with Crippen LogP contribution in [0.25, 0.3) is 0 Å². The average molecular weight is 241 g/mol. The standard InChI is InChI=1S/C13H23NO3/c1-2-3-8-17-12(15)9-13(16)10-14-6-4-11(13)5-7-14/h11,16H,2-10H2,1H3. The smallest absolute Gasteiger partial charge is 0.308 e. The van der Waals surface area contributed by atoms with Gasteiger partial charge < -0.3 is 14.7 Å². The molecule has 0 radical (unpaired) electrons. The number of aliphatic hydroxyl groups is 1. The van der Waals surface area contributed by atoms with Gasteiger partial charge in [-0.15, -0.1) is 0 Å². The molecule has 3 fully saturated rings. The van der Waals surface area contributed by atoms with E-state index in [1.54, 1.807) is 0 Å². The van der Waals surface area contributed by atoms with Gasteiger partial charge in [0, 0.05) is 6.54 Å². The molecule has 3 aliphatic rings. The Kier molecular flexibility index (Phi) is 4.05. The zero-order chi connectivity index (χ0) is 12.3. The molecule has 0 aromatic carbocycles. The molecule has 3 rings (SSSR count). The minimum atomic E-state index is -0.834. The van der Waals surface area contributed by atoms with E-state index in [9.17, 15) is 9.90 Å². The Labute approximate surface area is 103 Å². The number of esters is 1. The molecule has 4 nitrogen and oxygen atoms in total. The van der Waals surface area contributed by atoms with Crippen LogP contribution in [0.1, 0.15) is 39.0 Å². The van der Waals surface area contributed by atoms with E-state index in [0.717, 1.165) is 38.8 Å². The van der Waals surface area contributed by atoms with Crippen molar-refractivity contribution in [3.05, 3.63) is 0 Å². The molecule has 1 unspecified atom stereocenters. The predicted octanol–water partition coefficient (Wildman–Crippen LogP) is 1.18. The summed E-state index contributed by atoms with van der Waals surface area (Å²) >= 11 is 0. The SMILES string of the molecule is CCCCOC(=O)CC1(O)CN2CCC1CC2. The van der Waals surface area contributed by atoms with Crippen LogP contribution in [0.3, 0.4) is 0 Å². The van der Waals surface area contributed by atoms with Crippen LogP contribution in [0.2, 0.25) is 0 Å². The summed E-state index contributed by atoms with van der Waals surface area (Å²) in [6.45, 7) is 5.32. The lowest BCUT2D eigenvalue weighted by molar-refractivity contribution is -0.161. The molecule has 1 N–H and O–H groups in total. The van der Waals surface area contributed by atoms with Crippen LogP contribution in [0.15, 0.2) is 0 Å². The van der Waals surface area contributed by atoms with E-state index >= 15 is 0 Å². The Morgan fingerprint density at radius 2 is 2.18 bits per heavy atom. The van der Waals surface area contributed by atoms with E-state index in [0.29, 0.717) is 13.2 Å². The summed E-state index contributed by atoms with van der Waals surface area (Å²) in [7, 11) is 0. The lowest BCUT2D eigenvalue weighted by Gasteiger charge is -2.50. The van der Waals surface area contributed by atoms with Gasteiger partial charge in [0.25, 0.3) is 0 Å². The van der Waals surface area contributed by atoms with E-state index in [2.05, 4.69) is 11.8 Å². The zero-order valence-electron chi connectivity index (χ0n) is 10.7. The summed E-state index contributed by atoms with van der Waals surface area (Å²) in [5.41, 5.74) is -0.834. The molecule has 3 aliphatic heterocycles. The van der Waals surface area contributed by atoms with Crippen molar-refractivity contribution >= 4 is 5.97 Å². The number of nitrogens with zero attached hydrogens (tertiary/aromatic N) is 1. The summed E-state index contributed by atoms with van der Waals surface area (Å²) in [5, 5.41) is 10.5. The second kappa shape index (κ2) is 5.36. The van der Waals surface area contributed by atoms with E-state index in [1.165, 1.54) is 0 Å². The van der Waals surface area contributed by atoms with Gasteiger partial charge in [0.2, 0.25) is 0 Å². The number of ether oxygens (including phenoxy) is 1. The van der Waals surface area contributed by atoms with Crippen LogP contribution >= 0.6 is 0 Å². The second-order valence-electron chi connectivity index (χ2n) is 5.40. The summed E-state index contributed by atoms with van der Waals surface area (Å²) in [5.74, 6) is 0.0425. The molecule has 3 saturated heterocycles. The summed E-state index contributed by atoms with van der Waals surface area (Å²) in [6.07, 6.45) is 4.11. The molecule has 0 aromatic rings. The molecule has 0 amide bonds. The van der Waals surface area contributed by atoms with Gasteiger partial charge in [0.15, 0.2) is 0 Å². The third kappa shape index (κ3) is 2.99. The lowest BCUT2D eigenvalue weighted by Crippen LogP contribution is -2.59. The Morgan fingerprint density at radius 3 is 2.71 bits per heavy atom. The van der Waals surface area contributed by atoms with Crippen molar-refractivity contribution in [2.45, 2.75) is 44.6 Å². The molecular weight excluding hydrogens is 218 g/mol. The molecule has 2 bridgehead atoms. The van der Waals surface area contributed by atoms with Gasteiger partial charge in [-0.1, -0.05) is 13.3 Å². The lowest BCUT2D eigenvalue weighted by atomic mass is 9.74. The van der Waals surface area contributed by atoms with Gasteiger partial charge in [-0.25, -0.2) is 0 Å². The van der Waals surface area contributed by atoms with Gasteiger partial charge in [-0.3, -0.25) is 4.79 Å². The maximum atomic E-state index is 11.7. The second-order valence-corrected chi connectivity index (χ2v) is 5.40. The first kappa shape index (κ1) is 12.8. The quantitative estimate of drug-likeness (QED) is 0.580. The van der Waals surface area contributed by atoms with Gasteiger partial charge in [0.1, 0.15) is 0 Å². The highest BCUT2D eigenvalue weighted by atomic mass is 16.5. The Hall–Kier alpha value is -0.610. The van der Waals surface area contributed by atoms with Crippen LogP contribution in [-0.2, 0) is 9.53 Å². The number of carbonyl (C=O) groups excluding carboxylic acids is 1. The topological polar surface area (TPSA) is 49.8 Å². The fourth-order valence-corrected chi connectivity index (χ4v) is 2.98. The van der Waals surface area contributed by atoms with Crippen molar-refractivity contribution in [2.75, 3.05) is 26.2 Å². The highest BCUT2D eigenvalue weighted by molar-refractivity contribution is 5.70. The molecule has 0 spiro atoms. The first-order valence-electron chi connectivity index (χ1n) is 6.74. The third-order valence-corrected chi connectivity index (χ3v) is 4.06. The molecule has 17 heavy (non-hydrogen) atoms. The number of unbranched alkanes of at least 4 members (excludes halogenated alkanes) is 1. The molecule has 0 saturated carbocycles. The van der Waals surface area contributed by atoms with Crippen molar-refractivity contribution in [3.8, 4) is 0 Å². The Morgan fingerprint density at radius 1 is 1.47 bits per heavy atom. The first-order valence-corrected chi connectivity index (χ1v) is 6.74. The fourth-order valence-electron chi connectivity index (χ4n) is 2.98. The minimum absolute atomic E-state index is 0.165. The number of fused-ring (bicyclic) bond motifs is 3. The Balaban J connectivity index is 1.83. The average Bonchev–Trinajstić information content (AvgIpc) is 2.29. The number of rotatable bonds is 5. The van der Waals surface area contributed by atoms with Crippen LogP contribution < -0.4 is 0 Å². The largest absolute Gasteiger partial charge is 0.466 e. The van der Waals surface area contributed by atoms with Gasteiger partial charge in [0.05, 0.1) is 18.6 Å². The molecule has 98 valence electrons. The van der Waals surface area contributed by atoms with Gasteiger partial charge in [-0.2, -0.15) is 0 Å². The van der Waals surface area contributed by atoms with Gasteiger partial charge in [-0.05, 0) is 38.3 Å². The van der Waals surface area contributed by atoms with Crippen LogP contribution in [-0.4, -0.2) is 47.8 Å². The van der Waals surface area contributed by atoms with Crippen LogP contribution in [0.4, 0.5) is 0 Å². The zero-order valence-corrected chi connectivity index (χ0v) is 10.7. The molecule has 1 atom stereocenters.